The molecule has 0 saturated heterocycles. The third kappa shape index (κ3) is 1.38. The maximum absolute atomic E-state index is 9.64. The maximum atomic E-state index is 9.64. The molecule has 1 heteroatoms. The number of hydrogen-bond acceptors (Lipinski definition) is 1. The van der Waals surface area contributed by atoms with Gasteiger partial charge in [0.1, 0.15) is 0 Å². The highest BCUT2D eigenvalue weighted by Gasteiger charge is 2.35. The fourth-order valence-electron chi connectivity index (χ4n) is 1.75. The van der Waals surface area contributed by atoms with Crippen molar-refractivity contribution in [3.8, 4) is 0 Å². The van der Waals surface area contributed by atoms with Gasteiger partial charge in [-0.2, -0.15) is 0 Å². The van der Waals surface area contributed by atoms with Gasteiger partial charge in [0, 0.05) is 5.41 Å². The molecule has 1 N–H and O–H groups in total. The van der Waals surface area contributed by atoms with Crippen LogP contribution in [0.25, 0.3) is 0 Å². The quantitative estimate of drug-likeness (QED) is 0.615. The van der Waals surface area contributed by atoms with E-state index in [4.69, 9.17) is 0 Å². The summed E-state index contributed by atoms with van der Waals surface area (Å²) in [5, 5.41) is 9.64. The highest BCUT2D eigenvalue weighted by molar-refractivity contribution is 5.11. The first-order chi connectivity index (χ1) is 5.25. The summed E-state index contributed by atoms with van der Waals surface area (Å²) in [5.74, 6) is 0. The maximum Gasteiger partial charge on any atom is 0.0782 e. The van der Waals surface area contributed by atoms with Crippen molar-refractivity contribution in [3.63, 3.8) is 0 Å². The zero-order chi connectivity index (χ0) is 8.32. The number of rotatable bonds is 3. The van der Waals surface area contributed by atoms with E-state index in [2.05, 4.69) is 19.6 Å². The van der Waals surface area contributed by atoms with Gasteiger partial charge in [-0.15, -0.1) is 6.58 Å². The van der Waals surface area contributed by atoms with Gasteiger partial charge in [0.25, 0.3) is 0 Å². The Balaban J connectivity index is 2.68. The van der Waals surface area contributed by atoms with Gasteiger partial charge in [0.2, 0.25) is 0 Å². The van der Waals surface area contributed by atoms with Crippen molar-refractivity contribution in [2.45, 2.75) is 32.3 Å². The average Bonchev–Trinajstić information content (AvgIpc) is 2.35. The molecule has 1 nitrogen and oxygen atoms in total. The standard InChI is InChI=1S/C10H16O/c1-3-7-10(4-2)8-5-6-9(10)11/h3,5-6,9,11H,1,4,7-8H2,2H3/t9-,10+/m1/s1. The van der Waals surface area contributed by atoms with Crippen LogP contribution in [0, 0.1) is 5.41 Å². The highest BCUT2D eigenvalue weighted by atomic mass is 16.3. The molecule has 0 amide bonds. The topological polar surface area (TPSA) is 20.2 Å². The van der Waals surface area contributed by atoms with Gasteiger partial charge in [-0.25, -0.2) is 0 Å². The average molecular weight is 152 g/mol. The second-order valence-electron chi connectivity index (χ2n) is 3.29. The van der Waals surface area contributed by atoms with Crippen molar-refractivity contribution in [1.29, 1.82) is 0 Å². The Morgan fingerprint density at radius 3 is 2.91 bits per heavy atom. The molecule has 2 atom stereocenters. The van der Waals surface area contributed by atoms with Gasteiger partial charge >= 0.3 is 0 Å². The first-order valence-corrected chi connectivity index (χ1v) is 4.21. The fourth-order valence-corrected chi connectivity index (χ4v) is 1.75. The van der Waals surface area contributed by atoms with Crippen molar-refractivity contribution in [2.75, 3.05) is 0 Å². The minimum atomic E-state index is -0.259. The van der Waals surface area contributed by atoms with Gasteiger partial charge in [0.05, 0.1) is 6.10 Å². The molecular weight excluding hydrogens is 136 g/mol. The molecule has 0 aromatic carbocycles. The van der Waals surface area contributed by atoms with Gasteiger partial charge in [0.15, 0.2) is 0 Å². The summed E-state index contributed by atoms with van der Waals surface area (Å²) in [5.41, 5.74) is 0.0712. The molecule has 0 unspecified atom stereocenters. The highest BCUT2D eigenvalue weighted by Crippen LogP contribution is 2.40. The van der Waals surface area contributed by atoms with Crippen molar-refractivity contribution in [3.05, 3.63) is 24.8 Å². The zero-order valence-electron chi connectivity index (χ0n) is 7.09. The van der Waals surface area contributed by atoms with Crippen LogP contribution in [0.3, 0.4) is 0 Å². The van der Waals surface area contributed by atoms with E-state index in [1.54, 1.807) is 0 Å². The van der Waals surface area contributed by atoms with E-state index in [0.29, 0.717) is 0 Å². The first kappa shape index (κ1) is 8.54. The van der Waals surface area contributed by atoms with E-state index in [0.717, 1.165) is 19.3 Å². The van der Waals surface area contributed by atoms with E-state index < -0.39 is 0 Å². The van der Waals surface area contributed by atoms with E-state index in [-0.39, 0.29) is 11.5 Å². The third-order valence-electron chi connectivity index (χ3n) is 2.73. The summed E-state index contributed by atoms with van der Waals surface area (Å²) in [7, 11) is 0. The van der Waals surface area contributed by atoms with Crippen LogP contribution in [0.1, 0.15) is 26.2 Å². The Morgan fingerprint density at radius 2 is 2.55 bits per heavy atom. The van der Waals surface area contributed by atoms with Crippen molar-refractivity contribution >= 4 is 0 Å². The van der Waals surface area contributed by atoms with Crippen LogP contribution in [0.4, 0.5) is 0 Å². The van der Waals surface area contributed by atoms with Crippen LogP contribution in [-0.4, -0.2) is 11.2 Å². The van der Waals surface area contributed by atoms with Crippen molar-refractivity contribution < 1.29 is 5.11 Å². The molecule has 0 aromatic heterocycles. The van der Waals surface area contributed by atoms with Crippen molar-refractivity contribution in [2.24, 2.45) is 5.41 Å². The molecule has 0 aliphatic heterocycles. The molecule has 0 aromatic rings. The second kappa shape index (κ2) is 3.22. The molecule has 0 saturated carbocycles. The Bertz CT molecular complexity index is 172. The normalized spacial score (nSPS) is 36.0. The number of hydrogen-bond donors (Lipinski definition) is 1. The predicted octanol–water partition coefficient (Wildman–Crippen LogP) is 2.28. The first-order valence-electron chi connectivity index (χ1n) is 4.21. The van der Waals surface area contributed by atoms with E-state index in [1.165, 1.54) is 0 Å². The molecule has 62 valence electrons. The summed E-state index contributed by atoms with van der Waals surface area (Å²) in [6, 6.07) is 0. The molecule has 0 fully saturated rings. The predicted molar refractivity (Wildman–Crippen MR) is 47.3 cm³/mol. The van der Waals surface area contributed by atoms with Crippen LogP contribution in [-0.2, 0) is 0 Å². The van der Waals surface area contributed by atoms with E-state index in [9.17, 15) is 5.11 Å². The van der Waals surface area contributed by atoms with Gasteiger partial charge in [-0.3, -0.25) is 0 Å². The molecular formula is C10H16O. The Morgan fingerprint density at radius 1 is 1.82 bits per heavy atom. The smallest absolute Gasteiger partial charge is 0.0782 e. The van der Waals surface area contributed by atoms with E-state index in [1.807, 2.05) is 12.2 Å². The molecule has 0 radical (unpaired) electrons. The number of allylic oxidation sites excluding steroid dienone is 2. The summed E-state index contributed by atoms with van der Waals surface area (Å²) < 4.78 is 0. The van der Waals surface area contributed by atoms with Gasteiger partial charge in [-0.1, -0.05) is 25.2 Å². The van der Waals surface area contributed by atoms with E-state index >= 15 is 0 Å². The van der Waals surface area contributed by atoms with Crippen LogP contribution < -0.4 is 0 Å². The lowest BCUT2D eigenvalue weighted by molar-refractivity contribution is 0.0742. The van der Waals surface area contributed by atoms with Crippen LogP contribution in [0.2, 0.25) is 0 Å². The lowest BCUT2D eigenvalue weighted by Crippen LogP contribution is -2.28. The minimum Gasteiger partial charge on any atom is -0.388 e. The summed E-state index contributed by atoms with van der Waals surface area (Å²) >= 11 is 0. The molecule has 0 bridgehead atoms. The molecule has 1 rings (SSSR count). The molecule has 1 aliphatic carbocycles. The monoisotopic (exact) mass is 152 g/mol. The number of aliphatic hydroxyl groups is 1. The molecule has 0 heterocycles. The van der Waals surface area contributed by atoms with Crippen molar-refractivity contribution in [1.82, 2.24) is 0 Å². The molecule has 1 aliphatic rings. The van der Waals surface area contributed by atoms with Crippen LogP contribution >= 0.6 is 0 Å². The second-order valence-corrected chi connectivity index (χ2v) is 3.29. The summed E-state index contributed by atoms with van der Waals surface area (Å²) in [6.45, 7) is 5.84. The zero-order valence-corrected chi connectivity index (χ0v) is 7.09. The third-order valence-corrected chi connectivity index (χ3v) is 2.73. The van der Waals surface area contributed by atoms with Gasteiger partial charge < -0.3 is 5.11 Å². The Labute approximate surface area is 68.4 Å². The lowest BCUT2D eigenvalue weighted by Gasteiger charge is -2.30. The summed E-state index contributed by atoms with van der Waals surface area (Å²) in [4.78, 5) is 0. The van der Waals surface area contributed by atoms with Gasteiger partial charge in [-0.05, 0) is 19.3 Å². The summed E-state index contributed by atoms with van der Waals surface area (Å²) in [6.07, 6.45) is 8.54. The lowest BCUT2D eigenvalue weighted by atomic mass is 9.78. The molecule has 11 heavy (non-hydrogen) atoms. The molecule has 0 spiro atoms. The Hall–Kier alpha value is -0.560. The largest absolute Gasteiger partial charge is 0.388 e. The number of aliphatic hydroxyl groups excluding tert-OH is 1. The minimum absolute atomic E-state index is 0.0712. The van der Waals surface area contributed by atoms with Crippen LogP contribution in [0.5, 0.6) is 0 Å². The van der Waals surface area contributed by atoms with Crippen LogP contribution in [0.15, 0.2) is 24.8 Å². The SMILES string of the molecule is C=CC[C@@]1(CC)CC=C[C@H]1O. The fraction of sp³-hybridized carbons (Fsp3) is 0.600. The Kier molecular flexibility index (Phi) is 2.50.